The van der Waals surface area contributed by atoms with Crippen molar-refractivity contribution in [3.63, 3.8) is 0 Å². The van der Waals surface area contributed by atoms with Gasteiger partial charge in [0.15, 0.2) is 0 Å². The molecule has 0 aliphatic rings. The molecule has 7 heteroatoms. The summed E-state index contributed by atoms with van der Waals surface area (Å²) in [5.74, 6) is 0. The lowest BCUT2D eigenvalue weighted by molar-refractivity contribution is -0.815. The van der Waals surface area contributed by atoms with Crippen LogP contribution in [0, 0.1) is 5.21 Å². The van der Waals surface area contributed by atoms with Crippen LogP contribution in [0.3, 0.4) is 0 Å². The first kappa shape index (κ1) is 6.84. The molecule has 0 fully saturated rings. The first-order chi connectivity index (χ1) is 4.52. The number of hydrogen-bond acceptors (Lipinski definition) is 3. The molecular formula is C3HF3N2O2. The molecule has 1 rings (SSSR count). The predicted octanol–water partition coefficient (Wildman–Crippen LogP) is 0.327. The van der Waals surface area contributed by atoms with E-state index in [0.717, 1.165) is 0 Å². The molecule has 0 N–H and O–H groups in total. The minimum Gasteiger partial charge on any atom is -0.359 e. The van der Waals surface area contributed by atoms with Crippen molar-refractivity contribution in [1.29, 1.82) is 0 Å². The van der Waals surface area contributed by atoms with Gasteiger partial charge in [0, 0.05) is 5.16 Å². The van der Waals surface area contributed by atoms with Crippen LogP contribution in [-0.4, -0.2) is 5.16 Å². The monoisotopic (exact) mass is 154 g/mol. The first-order valence-electron chi connectivity index (χ1n) is 2.14. The fraction of sp³-hybridized carbons (Fsp3) is 0.333. The maximum Gasteiger partial charge on any atom is 0.461 e. The van der Waals surface area contributed by atoms with E-state index in [-0.39, 0.29) is 0 Å². The van der Waals surface area contributed by atoms with Gasteiger partial charge in [-0.05, 0) is 4.90 Å². The summed E-state index contributed by atoms with van der Waals surface area (Å²) in [6, 6.07) is 0. The summed E-state index contributed by atoms with van der Waals surface area (Å²) in [5.41, 5.74) is -1.45. The second kappa shape index (κ2) is 1.86. The van der Waals surface area contributed by atoms with Crippen molar-refractivity contribution in [3.8, 4) is 0 Å². The van der Waals surface area contributed by atoms with E-state index in [1.54, 1.807) is 0 Å². The van der Waals surface area contributed by atoms with E-state index in [2.05, 4.69) is 9.79 Å². The van der Waals surface area contributed by atoms with Crippen LogP contribution in [-0.2, 0) is 6.18 Å². The van der Waals surface area contributed by atoms with Gasteiger partial charge < -0.3 is 5.21 Å². The highest BCUT2D eigenvalue weighted by Crippen LogP contribution is 2.25. The van der Waals surface area contributed by atoms with Gasteiger partial charge in [0.25, 0.3) is 5.69 Å². The zero-order valence-corrected chi connectivity index (χ0v) is 4.42. The van der Waals surface area contributed by atoms with Crippen LogP contribution >= 0.6 is 0 Å². The van der Waals surface area contributed by atoms with Gasteiger partial charge in [-0.3, -0.25) is 4.63 Å². The van der Waals surface area contributed by atoms with E-state index in [9.17, 15) is 18.4 Å². The number of nitrogens with zero attached hydrogens (tertiary/aromatic N) is 2. The van der Waals surface area contributed by atoms with Gasteiger partial charge in [-0.1, -0.05) is 0 Å². The normalized spacial score (nSPS) is 11.9. The summed E-state index contributed by atoms with van der Waals surface area (Å²) in [6.07, 6.45) is -4.38. The van der Waals surface area contributed by atoms with Crippen LogP contribution < -0.4 is 4.90 Å². The fourth-order valence-electron chi connectivity index (χ4n) is 0.384. The van der Waals surface area contributed by atoms with Crippen molar-refractivity contribution in [1.82, 2.24) is 5.16 Å². The van der Waals surface area contributed by atoms with Crippen LogP contribution in [0.5, 0.6) is 0 Å². The van der Waals surface area contributed by atoms with Crippen molar-refractivity contribution in [2.75, 3.05) is 0 Å². The summed E-state index contributed by atoms with van der Waals surface area (Å²) in [4.78, 5) is -0.694. The van der Waals surface area contributed by atoms with E-state index in [4.69, 9.17) is 0 Å². The van der Waals surface area contributed by atoms with Gasteiger partial charge in [0.05, 0.1) is 0 Å². The Balaban J connectivity index is 3.05. The number of halogens is 3. The Hall–Kier alpha value is -1.27. The highest BCUT2D eigenvalue weighted by molar-refractivity contribution is 4.88. The highest BCUT2D eigenvalue weighted by Gasteiger charge is 2.40. The zero-order valence-electron chi connectivity index (χ0n) is 4.42. The molecule has 1 aromatic heterocycles. The van der Waals surface area contributed by atoms with Crippen LogP contribution in [0.2, 0.25) is 0 Å². The van der Waals surface area contributed by atoms with Crippen LogP contribution in [0.25, 0.3) is 0 Å². The Morgan fingerprint density at radius 1 is 1.60 bits per heavy atom. The standard InChI is InChI=1S/C3HF3N2O2/c4-3(5,6)2-1-7-10-8(2)9/h1H. The number of alkyl halides is 3. The van der Waals surface area contributed by atoms with Gasteiger partial charge in [0.1, 0.15) is 0 Å². The minimum atomic E-state index is -4.69. The highest BCUT2D eigenvalue weighted by atomic mass is 19.4. The molecule has 0 aliphatic heterocycles. The molecule has 1 aromatic rings. The third kappa shape index (κ3) is 1.02. The smallest absolute Gasteiger partial charge is 0.359 e. The molecule has 0 amide bonds. The Kier molecular flexibility index (Phi) is 1.27. The van der Waals surface area contributed by atoms with Gasteiger partial charge >= 0.3 is 6.18 Å². The number of aromatic nitrogens is 2. The molecule has 10 heavy (non-hydrogen) atoms. The SMILES string of the molecule is [O-][n+]1oncc1C(F)(F)F. The van der Waals surface area contributed by atoms with E-state index < -0.39 is 16.8 Å². The lowest BCUT2D eigenvalue weighted by Gasteiger charge is -1.98. The second-order valence-electron chi connectivity index (χ2n) is 1.46. The van der Waals surface area contributed by atoms with Gasteiger partial charge in [0.2, 0.25) is 6.20 Å². The fourth-order valence-corrected chi connectivity index (χ4v) is 0.384. The van der Waals surface area contributed by atoms with E-state index in [1.807, 2.05) is 0 Å². The molecule has 0 unspecified atom stereocenters. The lowest BCUT2D eigenvalue weighted by atomic mass is 10.5. The number of hydrogen-bond donors (Lipinski definition) is 0. The molecule has 0 saturated carbocycles. The van der Waals surface area contributed by atoms with Crippen LogP contribution in [0.1, 0.15) is 5.69 Å². The molecule has 0 radical (unpaired) electrons. The molecule has 0 spiro atoms. The molecule has 0 aliphatic carbocycles. The molecular weight excluding hydrogens is 153 g/mol. The van der Waals surface area contributed by atoms with Crippen LogP contribution in [0.15, 0.2) is 10.8 Å². The third-order valence-electron chi connectivity index (χ3n) is 0.783. The molecule has 56 valence electrons. The quantitative estimate of drug-likeness (QED) is 0.506. The average molecular weight is 154 g/mol. The topological polar surface area (TPSA) is 53.0 Å². The summed E-state index contributed by atoms with van der Waals surface area (Å²) in [5, 5.41) is 12.7. The Labute approximate surface area is 52.4 Å². The minimum absolute atomic E-state index is 0.312. The molecule has 0 bridgehead atoms. The summed E-state index contributed by atoms with van der Waals surface area (Å²) < 4.78 is 38.3. The van der Waals surface area contributed by atoms with E-state index in [1.165, 1.54) is 0 Å². The molecule has 0 aromatic carbocycles. The first-order valence-corrected chi connectivity index (χ1v) is 2.14. The van der Waals surface area contributed by atoms with Gasteiger partial charge in [-0.25, -0.2) is 0 Å². The summed E-state index contributed by atoms with van der Waals surface area (Å²) >= 11 is 0. The van der Waals surface area contributed by atoms with Crippen molar-refractivity contribution in [3.05, 3.63) is 17.1 Å². The van der Waals surface area contributed by atoms with Crippen molar-refractivity contribution in [2.24, 2.45) is 0 Å². The van der Waals surface area contributed by atoms with Crippen LogP contribution in [0.4, 0.5) is 13.2 Å². The second-order valence-corrected chi connectivity index (χ2v) is 1.46. The molecule has 0 atom stereocenters. The van der Waals surface area contributed by atoms with Crippen molar-refractivity contribution in [2.45, 2.75) is 6.18 Å². The Morgan fingerprint density at radius 3 is 2.40 bits per heavy atom. The Morgan fingerprint density at radius 2 is 2.20 bits per heavy atom. The van der Waals surface area contributed by atoms with E-state index in [0.29, 0.717) is 6.20 Å². The van der Waals surface area contributed by atoms with E-state index >= 15 is 0 Å². The average Bonchev–Trinajstić information content (AvgIpc) is 2.11. The zero-order chi connectivity index (χ0) is 7.78. The van der Waals surface area contributed by atoms with Crippen molar-refractivity contribution >= 4 is 0 Å². The predicted molar refractivity (Wildman–Crippen MR) is 20.5 cm³/mol. The largest absolute Gasteiger partial charge is 0.461 e. The Bertz CT molecular complexity index is 230. The third-order valence-corrected chi connectivity index (χ3v) is 0.783. The summed E-state index contributed by atoms with van der Waals surface area (Å²) in [7, 11) is 0. The maximum atomic E-state index is 11.6. The molecule has 4 nitrogen and oxygen atoms in total. The van der Waals surface area contributed by atoms with Gasteiger partial charge in [-0.15, -0.1) is 0 Å². The summed E-state index contributed by atoms with van der Waals surface area (Å²) in [6.45, 7) is 0. The van der Waals surface area contributed by atoms with Gasteiger partial charge in [-0.2, -0.15) is 13.2 Å². The molecule has 1 heterocycles. The van der Waals surface area contributed by atoms with Crippen molar-refractivity contribution < 1.29 is 22.7 Å². The molecule has 0 saturated heterocycles. The number of rotatable bonds is 0. The maximum absolute atomic E-state index is 11.6. The lowest BCUT2D eigenvalue weighted by Crippen LogP contribution is -2.33.